The third-order valence-electron chi connectivity index (χ3n) is 3.95. The number of rotatable bonds is 6. The molecule has 0 aromatic rings. The maximum Gasteiger partial charge on any atom is 0.324 e. The van der Waals surface area contributed by atoms with E-state index in [1.165, 1.54) is 0 Å². The van der Waals surface area contributed by atoms with E-state index in [9.17, 15) is 9.90 Å². The van der Waals surface area contributed by atoms with Crippen LogP contribution >= 0.6 is 0 Å². The predicted octanol–water partition coefficient (Wildman–Crippen LogP) is 0.854. The first-order chi connectivity index (χ1) is 8.78. The van der Waals surface area contributed by atoms with Gasteiger partial charge in [0.15, 0.2) is 0 Å². The molecule has 1 rings (SSSR count). The number of carboxylic acid groups (broad SMARTS) is 1. The fourth-order valence-electron chi connectivity index (χ4n) is 2.85. The summed E-state index contributed by atoms with van der Waals surface area (Å²) >= 11 is 0. The van der Waals surface area contributed by atoms with Gasteiger partial charge in [-0.3, -0.25) is 15.0 Å². The zero-order valence-electron chi connectivity index (χ0n) is 12.9. The van der Waals surface area contributed by atoms with Crippen LogP contribution in [0, 0.1) is 0 Å². The highest BCUT2D eigenvalue weighted by molar-refractivity contribution is 5.78. The van der Waals surface area contributed by atoms with Crippen LogP contribution in [0.2, 0.25) is 0 Å². The predicted molar refractivity (Wildman–Crippen MR) is 77.5 cm³/mol. The first-order valence-electron chi connectivity index (χ1n) is 7.22. The van der Waals surface area contributed by atoms with Gasteiger partial charge < -0.3 is 10.0 Å². The zero-order valence-corrected chi connectivity index (χ0v) is 12.9. The molecule has 0 amide bonds. The second kappa shape index (κ2) is 6.68. The SMILES string of the molecule is CCC1CN(CC(C)(NC(C)C)C(=O)O)CCN1C. The minimum atomic E-state index is -0.873. The number of carboxylic acids is 1. The Hall–Kier alpha value is -0.650. The Balaban J connectivity index is 2.67. The van der Waals surface area contributed by atoms with Crippen LogP contribution in [0.1, 0.15) is 34.1 Å². The molecular formula is C14H29N3O2. The van der Waals surface area contributed by atoms with E-state index >= 15 is 0 Å². The third-order valence-corrected chi connectivity index (χ3v) is 3.95. The van der Waals surface area contributed by atoms with Gasteiger partial charge in [0.1, 0.15) is 5.54 Å². The maximum atomic E-state index is 11.5. The molecule has 0 bridgehead atoms. The second-order valence-corrected chi connectivity index (χ2v) is 6.21. The van der Waals surface area contributed by atoms with Crippen molar-refractivity contribution in [1.29, 1.82) is 0 Å². The summed E-state index contributed by atoms with van der Waals surface area (Å²) in [7, 11) is 2.15. The number of nitrogens with one attached hydrogen (secondary N) is 1. The van der Waals surface area contributed by atoms with E-state index in [-0.39, 0.29) is 6.04 Å². The lowest BCUT2D eigenvalue weighted by molar-refractivity contribution is -0.145. The maximum absolute atomic E-state index is 11.5. The molecule has 2 atom stereocenters. The van der Waals surface area contributed by atoms with E-state index in [2.05, 4.69) is 29.1 Å². The highest BCUT2D eigenvalue weighted by Gasteiger charge is 2.37. The third kappa shape index (κ3) is 4.44. The Labute approximate surface area is 117 Å². The van der Waals surface area contributed by atoms with Gasteiger partial charge >= 0.3 is 5.97 Å². The largest absolute Gasteiger partial charge is 0.480 e. The lowest BCUT2D eigenvalue weighted by Gasteiger charge is -2.42. The Morgan fingerprint density at radius 2 is 2.11 bits per heavy atom. The molecule has 1 saturated heterocycles. The smallest absolute Gasteiger partial charge is 0.324 e. The molecular weight excluding hydrogens is 242 g/mol. The number of piperazine rings is 1. The zero-order chi connectivity index (χ0) is 14.6. The molecule has 112 valence electrons. The Morgan fingerprint density at radius 1 is 1.47 bits per heavy atom. The molecule has 0 radical (unpaired) electrons. The number of carbonyl (C=O) groups is 1. The molecule has 1 aliphatic rings. The molecule has 0 aromatic carbocycles. The van der Waals surface area contributed by atoms with Crippen LogP contribution in [0.25, 0.3) is 0 Å². The van der Waals surface area contributed by atoms with Crippen molar-refractivity contribution in [2.24, 2.45) is 0 Å². The molecule has 5 heteroatoms. The quantitative estimate of drug-likeness (QED) is 0.750. The van der Waals surface area contributed by atoms with Crippen molar-refractivity contribution in [3.8, 4) is 0 Å². The summed E-state index contributed by atoms with van der Waals surface area (Å²) in [6.07, 6.45) is 1.11. The van der Waals surface area contributed by atoms with E-state index in [1.807, 2.05) is 13.8 Å². The average Bonchev–Trinajstić information content (AvgIpc) is 2.30. The van der Waals surface area contributed by atoms with Gasteiger partial charge in [0.05, 0.1) is 0 Å². The molecule has 5 nitrogen and oxygen atoms in total. The number of hydrogen-bond acceptors (Lipinski definition) is 4. The number of aliphatic carboxylic acids is 1. The van der Waals surface area contributed by atoms with Gasteiger partial charge in [-0.1, -0.05) is 6.92 Å². The van der Waals surface area contributed by atoms with Crippen LogP contribution in [-0.2, 0) is 4.79 Å². The van der Waals surface area contributed by atoms with Crippen LogP contribution < -0.4 is 5.32 Å². The Bertz CT molecular complexity index is 309. The highest BCUT2D eigenvalue weighted by Crippen LogP contribution is 2.15. The number of likely N-dealkylation sites (N-methyl/N-ethyl adjacent to an activating group) is 1. The first kappa shape index (κ1) is 16.4. The van der Waals surface area contributed by atoms with Crippen LogP contribution in [0.5, 0.6) is 0 Å². The van der Waals surface area contributed by atoms with E-state index < -0.39 is 11.5 Å². The molecule has 0 saturated carbocycles. The van der Waals surface area contributed by atoms with Crippen molar-refractivity contribution in [3.63, 3.8) is 0 Å². The Kier molecular flexibility index (Phi) is 5.77. The van der Waals surface area contributed by atoms with E-state index in [0.29, 0.717) is 12.6 Å². The standard InChI is InChI=1S/C14H29N3O2/c1-6-12-9-17(8-7-16(12)5)10-14(4,13(18)19)15-11(2)3/h11-12,15H,6-10H2,1-5H3,(H,18,19). The van der Waals surface area contributed by atoms with Gasteiger partial charge in [-0.15, -0.1) is 0 Å². The highest BCUT2D eigenvalue weighted by atomic mass is 16.4. The molecule has 1 aliphatic heterocycles. The van der Waals surface area contributed by atoms with E-state index in [1.54, 1.807) is 6.92 Å². The van der Waals surface area contributed by atoms with E-state index in [4.69, 9.17) is 0 Å². The summed E-state index contributed by atoms with van der Waals surface area (Å²) in [6, 6.07) is 0.696. The summed E-state index contributed by atoms with van der Waals surface area (Å²) in [5, 5.41) is 12.7. The second-order valence-electron chi connectivity index (χ2n) is 6.21. The van der Waals surface area contributed by atoms with Crippen molar-refractivity contribution in [2.45, 2.75) is 51.7 Å². The monoisotopic (exact) mass is 271 g/mol. The molecule has 2 N–H and O–H groups in total. The minimum Gasteiger partial charge on any atom is -0.480 e. The van der Waals surface area contributed by atoms with Crippen molar-refractivity contribution in [1.82, 2.24) is 15.1 Å². The lowest BCUT2D eigenvalue weighted by Crippen LogP contribution is -2.62. The van der Waals surface area contributed by atoms with Gasteiger partial charge in [-0.05, 0) is 34.2 Å². The fraction of sp³-hybridized carbons (Fsp3) is 0.929. The summed E-state index contributed by atoms with van der Waals surface area (Å²) in [5.41, 5.74) is -0.873. The van der Waals surface area contributed by atoms with Gasteiger partial charge in [0.2, 0.25) is 0 Å². The molecule has 19 heavy (non-hydrogen) atoms. The lowest BCUT2D eigenvalue weighted by atomic mass is 9.99. The molecule has 1 heterocycles. The number of nitrogens with zero attached hydrogens (tertiary/aromatic N) is 2. The Morgan fingerprint density at radius 3 is 2.58 bits per heavy atom. The van der Waals surface area contributed by atoms with Gasteiger partial charge in [0.25, 0.3) is 0 Å². The van der Waals surface area contributed by atoms with Crippen LogP contribution in [0.4, 0.5) is 0 Å². The molecule has 0 aromatic heterocycles. The van der Waals surface area contributed by atoms with Crippen molar-refractivity contribution in [2.75, 3.05) is 33.2 Å². The van der Waals surface area contributed by atoms with Crippen molar-refractivity contribution < 1.29 is 9.90 Å². The topological polar surface area (TPSA) is 55.8 Å². The normalized spacial score (nSPS) is 25.5. The summed E-state index contributed by atoms with van der Waals surface area (Å²) < 4.78 is 0. The first-order valence-corrected chi connectivity index (χ1v) is 7.22. The average molecular weight is 271 g/mol. The van der Waals surface area contributed by atoms with Gasteiger partial charge in [-0.25, -0.2) is 0 Å². The summed E-state index contributed by atoms with van der Waals surface area (Å²) in [6.45, 7) is 11.4. The summed E-state index contributed by atoms with van der Waals surface area (Å²) in [5.74, 6) is -0.770. The van der Waals surface area contributed by atoms with Gasteiger partial charge in [0, 0.05) is 38.3 Å². The minimum absolute atomic E-state index is 0.163. The van der Waals surface area contributed by atoms with Gasteiger partial charge in [-0.2, -0.15) is 0 Å². The summed E-state index contributed by atoms with van der Waals surface area (Å²) in [4.78, 5) is 16.2. The van der Waals surface area contributed by atoms with Crippen molar-refractivity contribution >= 4 is 5.97 Å². The molecule has 1 fully saturated rings. The van der Waals surface area contributed by atoms with E-state index in [0.717, 1.165) is 26.1 Å². The van der Waals surface area contributed by atoms with Crippen molar-refractivity contribution in [3.05, 3.63) is 0 Å². The van der Waals surface area contributed by atoms with Crippen LogP contribution in [0.3, 0.4) is 0 Å². The van der Waals surface area contributed by atoms with Crippen LogP contribution in [0.15, 0.2) is 0 Å². The van der Waals surface area contributed by atoms with Crippen LogP contribution in [-0.4, -0.2) is 71.7 Å². The molecule has 2 unspecified atom stereocenters. The fourth-order valence-corrected chi connectivity index (χ4v) is 2.85. The number of hydrogen-bond donors (Lipinski definition) is 2. The molecule has 0 aliphatic carbocycles. The molecule has 0 spiro atoms.